The number of hydrogen-bond acceptors (Lipinski definition) is 4. The van der Waals surface area contributed by atoms with Crippen LogP contribution in [0.15, 0.2) is 16.8 Å². The van der Waals surface area contributed by atoms with Crippen molar-refractivity contribution < 1.29 is 19.5 Å². The van der Waals surface area contributed by atoms with E-state index in [0.717, 1.165) is 5.56 Å². The second kappa shape index (κ2) is 7.52. The number of aliphatic carboxylic acids is 1. The van der Waals surface area contributed by atoms with Crippen molar-refractivity contribution in [3.05, 3.63) is 22.4 Å². The predicted molar refractivity (Wildman–Crippen MR) is 70.7 cm³/mol. The van der Waals surface area contributed by atoms with Gasteiger partial charge in [-0.1, -0.05) is 6.92 Å². The van der Waals surface area contributed by atoms with Crippen molar-refractivity contribution in [2.45, 2.75) is 26.3 Å². The summed E-state index contributed by atoms with van der Waals surface area (Å²) in [6.07, 6.45) is -0.0812. The number of hydrogen-bond donors (Lipinski definition) is 3. The first-order valence-corrected chi connectivity index (χ1v) is 6.72. The van der Waals surface area contributed by atoms with Crippen LogP contribution in [0.2, 0.25) is 0 Å². The van der Waals surface area contributed by atoms with Crippen molar-refractivity contribution >= 4 is 29.2 Å². The van der Waals surface area contributed by atoms with Gasteiger partial charge in [-0.2, -0.15) is 11.3 Å². The van der Waals surface area contributed by atoms with Crippen molar-refractivity contribution in [1.82, 2.24) is 10.6 Å². The highest BCUT2D eigenvalue weighted by atomic mass is 32.1. The van der Waals surface area contributed by atoms with E-state index in [1.807, 2.05) is 16.8 Å². The Labute approximate surface area is 114 Å². The van der Waals surface area contributed by atoms with E-state index >= 15 is 0 Å². The third-order valence-electron chi connectivity index (χ3n) is 2.34. The van der Waals surface area contributed by atoms with Crippen LogP contribution in [-0.2, 0) is 16.1 Å². The fraction of sp³-hybridized carbons (Fsp3) is 0.417. The van der Waals surface area contributed by atoms with Crippen molar-refractivity contribution in [1.29, 1.82) is 0 Å². The van der Waals surface area contributed by atoms with Crippen LogP contribution < -0.4 is 10.6 Å². The minimum Gasteiger partial charge on any atom is -0.481 e. The molecule has 1 heterocycles. The van der Waals surface area contributed by atoms with Gasteiger partial charge in [-0.25, -0.2) is 4.79 Å². The zero-order valence-corrected chi connectivity index (χ0v) is 11.3. The molecule has 0 radical (unpaired) electrons. The highest BCUT2D eigenvalue weighted by Gasteiger charge is 2.14. The molecule has 3 N–H and O–H groups in total. The topological polar surface area (TPSA) is 95.5 Å². The van der Waals surface area contributed by atoms with Crippen molar-refractivity contribution in [3.8, 4) is 0 Å². The summed E-state index contributed by atoms with van der Waals surface area (Å²) in [7, 11) is 0. The minimum absolute atomic E-state index is 0.0121. The van der Waals surface area contributed by atoms with Gasteiger partial charge in [0.15, 0.2) is 0 Å². The van der Waals surface area contributed by atoms with Gasteiger partial charge in [0.25, 0.3) is 0 Å². The summed E-state index contributed by atoms with van der Waals surface area (Å²) in [6.45, 7) is 2.00. The van der Waals surface area contributed by atoms with E-state index in [1.54, 1.807) is 6.92 Å². The summed E-state index contributed by atoms with van der Waals surface area (Å²) in [5.74, 6) is -1.74. The Bertz CT molecular complexity index is 445. The SMILES string of the molecule is CC(CC(=O)O)CC(=O)NC(=O)NCc1ccsc1. The lowest BCUT2D eigenvalue weighted by molar-refractivity contribution is -0.138. The van der Waals surface area contributed by atoms with Crippen molar-refractivity contribution in [2.75, 3.05) is 0 Å². The summed E-state index contributed by atoms with van der Waals surface area (Å²) in [5.41, 5.74) is 0.965. The Kier molecular flexibility index (Phi) is 6.01. The van der Waals surface area contributed by atoms with Crippen LogP contribution in [0.1, 0.15) is 25.3 Å². The minimum atomic E-state index is -0.956. The summed E-state index contributed by atoms with van der Waals surface area (Å²) in [6, 6.07) is 1.31. The maximum atomic E-state index is 11.4. The molecular weight excluding hydrogens is 268 g/mol. The molecule has 104 valence electrons. The van der Waals surface area contributed by atoms with E-state index in [-0.39, 0.29) is 18.8 Å². The molecule has 0 saturated heterocycles. The molecule has 0 aliphatic heterocycles. The molecule has 1 aromatic heterocycles. The molecule has 1 atom stereocenters. The van der Waals surface area contributed by atoms with E-state index in [2.05, 4.69) is 10.6 Å². The van der Waals surface area contributed by atoms with E-state index in [0.29, 0.717) is 6.54 Å². The summed E-state index contributed by atoms with van der Waals surface area (Å²) in [4.78, 5) is 33.3. The zero-order valence-electron chi connectivity index (χ0n) is 10.5. The highest BCUT2D eigenvalue weighted by Crippen LogP contribution is 2.07. The van der Waals surface area contributed by atoms with E-state index in [9.17, 15) is 14.4 Å². The van der Waals surface area contributed by atoms with Crippen LogP contribution in [0.3, 0.4) is 0 Å². The van der Waals surface area contributed by atoms with Gasteiger partial charge in [0, 0.05) is 19.4 Å². The summed E-state index contributed by atoms with van der Waals surface area (Å²) < 4.78 is 0. The van der Waals surface area contributed by atoms with Crippen LogP contribution in [-0.4, -0.2) is 23.0 Å². The lowest BCUT2D eigenvalue weighted by atomic mass is 10.0. The Morgan fingerprint density at radius 2 is 2.11 bits per heavy atom. The maximum absolute atomic E-state index is 11.4. The fourth-order valence-electron chi connectivity index (χ4n) is 1.48. The van der Waals surface area contributed by atoms with E-state index in [1.165, 1.54) is 11.3 Å². The number of thiophene rings is 1. The van der Waals surface area contributed by atoms with Gasteiger partial charge in [0.05, 0.1) is 0 Å². The maximum Gasteiger partial charge on any atom is 0.321 e. The first-order valence-electron chi connectivity index (χ1n) is 5.78. The number of urea groups is 1. The molecule has 1 aromatic rings. The number of carbonyl (C=O) groups is 3. The van der Waals surface area contributed by atoms with Crippen molar-refractivity contribution in [2.24, 2.45) is 5.92 Å². The Morgan fingerprint density at radius 1 is 1.37 bits per heavy atom. The molecule has 0 saturated carbocycles. The van der Waals surface area contributed by atoms with Crippen LogP contribution in [0, 0.1) is 5.92 Å². The Hall–Kier alpha value is -1.89. The zero-order chi connectivity index (χ0) is 14.3. The second-order valence-electron chi connectivity index (χ2n) is 4.27. The second-order valence-corrected chi connectivity index (χ2v) is 5.05. The van der Waals surface area contributed by atoms with Crippen molar-refractivity contribution in [3.63, 3.8) is 0 Å². The molecule has 0 aliphatic rings. The van der Waals surface area contributed by atoms with Gasteiger partial charge in [-0.15, -0.1) is 0 Å². The number of nitrogens with one attached hydrogen (secondary N) is 2. The molecule has 0 bridgehead atoms. The number of carboxylic acids is 1. The van der Waals surface area contributed by atoms with Gasteiger partial charge in [0.2, 0.25) is 5.91 Å². The summed E-state index contributed by atoms with van der Waals surface area (Å²) in [5, 5.41) is 17.1. The van der Waals surface area contributed by atoms with Crippen LogP contribution in [0.25, 0.3) is 0 Å². The fourth-order valence-corrected chi connectivity index (χ4v) is 2.15. The smallest absolute Gasteiger partial charge is 0.321 e. The number of carbonyl (C=O) groups excluding carboxylic acids is 2. The molecule has 0 spiro atoms. The number of amides is 3. The monoisotopic (exact) mass is 284 g/mol. The van der Waals surface area contributed by atoms with Crippen LogP contribution in [0.5, 0.6) is 0 Å². The highest BCUT2D eigenvalue weighted by molar-refractivity contribution is 7.07. The molecule has 1 rings (SSSR count). The average Bonchev–Trinajstić information content (AvgIpc) is 2.77. The van der Waals surface area contributed by atoms with E-state index in [4.69, 9.17) is 5.11 Å². The standard InChI is InChI=1S/C12H16N2O4S/c1-8(5-11(16)17)4-10(15)14-12(18)13-6-9-2-3-19-7-9/h2-3,7-8H,4-6H2,1H3,(H,16,17)(H2,13,14,15,18). The quantitative estimate of drug-likeness (QED) is 0.739. The lowest BCUT2D eigenvalue weighted by Gasteiger charge is -2.09. The Morgan fingerprint density at radius 3 is 2.68 bits per heavy atom. The molecule has 3 amide bonds. The first kappa shape index (κ1) is 15.2. The van der Waals surface area contributed by atoms with Crippen LogP contribution >= 0.6 is 11.3 Å². The molecule has 19 heavy (non-hydrogen) atoms. The van der Waals surface area contributed by atoms with Gasteiger partial charge < -0.3 is 10.4 Å². The third kappa shape index (κ3) is 6.56. The molecule has 6 nitrogen and oxygen atoms in total. The molecule has 7 heteroatoms. The van der Waals surface area contributed by atoms with Gasteiger partial charge in [-0.05, 0) is 28.3 Å². The normalized spacial score (nSPS) is 11.6. The molecule has 0 fully saturated rings. The molecule has 1 unspecified atom stereocenters. The molecule has 0 aliphatic carbocycles. The third-order valence-corrected chi connectivity index (χ3v) is 3.08. The van der Waals surface area contributed by atoms with E-state index < -0.39 is 17.9 Å². The number of rotatable bonds is 6. The lowest BCUT2D eigenvalue weighted by Crippen LogP contribution is -2.39. The predicted octanol–water partition coefficient (Wildman–Crippen LogP) is 1.57. The average molecular weight is 284 g/mol. The van der Waals surface area contributed by atoms with Gasteiger partial charge in [-0.3, -0.25) is 14.9 Å². The summed E-state index contributed by atoms with van der Waals surface area (Å²) >= 11 is 1.52. The number of carboxylic acid groups (broad SMARTS) is 1. The number of imide groups is 1. The molecular formula is C12H16N2O4S. The first-order chi connectivity index (χ1) is 8.97. The van der Waals surface area contributed by atoms with Gasteiger partial charge >= 0.3 is 12.0 Å². The largest absolute Gasteiger partial charge is 0.481 e. The van der Waals surface area contributed by atoms with Crippen LogP contribution in [0.4, 0.5) is 4.79 Å². The Balaban J connectivity index is 2.24. The molecule has 0 aromatic carbocycles. The van der Waals surface area contributed by atoms with Gasteiger partial charge in [0.1, 0.15) is 0 Å².